The summed E-state index contributed by atoms with van der Waals surface area (Å²) in [5.74, 6) is -2.08. The molecule has 2 aromatic carbocycles. The minimum Gasteiger partial charge on any atom is -0.372 e. The van der Waals surface area contributed by atoms with Crippen molar-refractivity contribution in [1.29, 1.82) is 0 Å². The highest BCUT2D eigenvalue weighted by molar-refractivity contribution is 6.39. The van der Waals surface area contributed by atoms with Gasteiger partial charge in [-0.1, -0.05) is 12.1 Å². The molecule has 29 heavy (non-hydrogen) atoms. The van der Waals surface area contributed by atoms with Gasteiger partial charge in [0.2, 0.25) is 0 Å². The van der Waals surface area contributed by atoms with Crippen molar-refractivity contribution in [3.8, 4) is 0 Å². The molecule has 0 saturated heterocycles. The lowest BCUT2D eigenvalue weighted by Gasteiger charge is -2.20. The van der Waals surface area contributed by atoms with E-state index in [0.717, 1.165) is 48.6 Å². The van der Waals surface area contributed by atoms with Crippen molar-refractivity contribution >= 4 is 29.4 Å². The highest BCUT2D eigenvalue weighted by Crippen LogP contribution is 2.29. The Kier molecular flexibility index (Phi) is 7.35. The second-order valence-corrected chi connectivity index (χ2v) is 5.99. The molecule has 9 heteroatoms. The van der Waals surface area contributed by atoms with Gasteiger partial charge in [-0.2, -0.15) is 18.3 Å². The van der Waals surface area contributed by atoms with E-state index in [0.29, 0.717) is 0 Å². The normalized spacial score (nSPS) is 11.3. The molecule has 0 radical (unpaired) electrons. The number of carbonyl (C=O) groups is 2. The Hall–Kier alpha value is -3.36. The van der Waals surface area contributed by atoms with Crippen LogP contribution in [0.5, 0.6) is 0 Å². The molecule has 2 amide bonds. The third-order valence-corrected chi connectivity index (χ3v) is 4.08. The van der Waals surface area contributed by atoms with Crippen molar-refractivity contribution in [2.75, 3.05) is 23.3 Å². The standard InChI is InChI=1S/C20H21F3N4O2/c1-3-27(4-2)17-11-5-14(6-12-17)13-24-26-19(29)18(28)25-16-9-7-15(8-10-16)20(21,22)23/h5-13H,3-4H2,1-2H3,(H,25,28)(H,26,29). The van der Waals surface area contributed by atoms with Gasteiger partial charge in [0, 0.05) is 24.5 Å². The first-order valence-electron chi connectivity index (χ1n) is 8.91. The fourth-order valence-corrected chi connectivity index (χ4v) is 2.51. The zero-order valence-corrected chi connectivity index (χ0v) is 16.0. The molecule has 0 atom stereocenters. The van der Waals surface area contributed by atoms with Gasteiger partial charge in [0.1, 0.15) is 0 Å². The monoisotopic (exact) mass is 406 g/mol. The van der Waals surface area contributed by atoms with Crippen molar-refractivity contribution in [3.63, 3.8) is 0 Å². The van der Waals surface area contributed by atoms with Gasteiger partial charge in [0.05, 0.1) is 11.8 Å². The number of hydrogen-bond donors (Lipinski definition) is 2. The van der Waals surface area contributed by atoms with Crippen molar-refractivity contribution in [2.45, 2.75) is 20.0 Å². The minimum atomic E-state index is -4.47. The van der Waals surface area contributed by atoms with Crippen LogP contribution in [0.2, 0.25) is 0 Å². The predicted octanol–water partition coefficient (Wildman–Crippen LogP) is 3.64. The number of benzene rings is 2. The molecule has 6 nitrogen and oxygen atoms in total. The lowest BCUT2D eigenvalue weighted by Crippen LogP contribution is -2.32. The van der Waals surface area contributed by atoms with E-state index in [4.69, 9.17) is 0 Å². The molecule has 0 unspecified atom stereocenters. The topological polar surface area (TPSA) is 73.8 Å². The summed E-state index contributed by atoms with van der Waals surface area (Å²) in [4.78, 5) is 25.7. The number of rotatable bonds is 6. The second-order valence-electron chi connectivity index (χ2n) is 5.99. The van der Waals surface area contributed by atoms with Crippen LogP contribution in [-0.2, 0) is 15.8 Å². The first kappa shape index (κ1) is 21.9. The van der Waals surface area contributed by atoms with Gasteiger partial charge < -0.3 is 10.2 Å². The number of carbonyl (C=O) groups excluding carboxylic acids is 2. The van der Waals surface area contributed by atoms with Crippen LogP contribution >= 0.6 is 0 Å². The average Bonchev–Trinajstić information content (AvgIpc) is 2.69. The number of alkyl halides is 3. The number of hydrazone groups is 1. The summed E-state index contributed by atoms with van der Waals surface area (Å²) < 4.78 is 37.6. The second kappa shape index (κ2) is 9.72. The summed E-state index contributed by atoms with van der Waals surface area (Å²) in [7, 11) is 0. The lowest BCUT2D eigenvalue weighted by molar-refractivity contribution is -0.137. The van der Waals surface area contributed by atoms with Crippen LogP contribution in [0.25, 0.3) is 0 Å². The molecule has 154 valence electrons. The van der Waals surface area contributed by atoms with Crippen LogP contribution in [0, 0.1) is 0 Å². The Balaban J connectivity index is 1.89. The van der Waals surface area contributed by atoms with E-state index in [9.17, 15) is 22.8 Å². The molecule has 0 aromatic heterocycles. The predicted molar refractivity (Wildman–Crippen MR) is 106 cm³/mol. The van der Waals surface area contributed by atoms with Crippen LogP contribution in [0.1, 0.15) is 25.0 Å². The highest BCUT2D eigenvalue weighted by Gasteiger charge is 2.30. The molecule has 0 aliphatic rings. The molecule has 0 aliphatic heterocycles. The highest BCUT2D eigenvalue weighted by atomic mass is 19.4. The number of nitrogens with zero attached hydrogens (tertiary/aromatic N) is 2. The lowest BCUT2D eigenvalue weighted by atomic mass is 10.2. The Morgan fingerprint density at radius 3 is 2.07 bits per heavy atom. The summed E-state index contributed by atoms with van der Waals surface area (Å²) in [5, 5.41) is 5.92. The fraction of sp³-hybridized carbons (Fsp3) is 0.250. The van der Waals surface area contributed by atoms with Crippen molar-refractivity contribution in [1.82, 2.24) is 5.43 Å². The van der Waals surface area contributed by atoms with Gasteiger partial charge in [-0.3, -0.25) is 9.59 Å². The molecule has 2 rings (SSSR count). The van der Waals surface area contributed by atoms with E-state index in [1.807, 2.05) is 24.3 Å². The minimum absolute atomic E-state index is 0.0640. The van der Waals surface area contributed by atoms with Crippen LogP contribution in [0.4, 0.5) is 24.5 Å². The van der Waals surface area contributed by atoms with E-state index < -0.39 is 23.6 Å². The van der Waals surface area contributed by atoms with E-state index in [1.54, 1.807) is 0 Å². The van der Waals surface area contributed by atoms with E-state index in [-0.39, 0.29) is 5.69 Å². The molecule has 0 heterocycles. The Morgan fingerprint density at radius 1 is 0.966 bits per heavy atom. The van der Waals surface area contributed by atoms with Crippen LogP contribution in [-0.4, -0.2) is 31.1 Å². The Bertz CT molecular complexity index is 859. The molecule has 0 saturated carbocycles. The molecular formula is C20H21F3N4O2. The molecule has 2 N–H and O–H groups in total. The summed E-state index contributed by atoms with van der Waals surface area (Å²) in [5.41, 5.74) is 3.08. The SMILES string of the molecule is CCN(CC)c1ccc(C=NNC(=O)C(=O)Nc2ccc(C(F)(F)F)cc2)cc1. The summed E-state index contributed by atoms with van der Waals surface area (Å²) >= 11 is 0. The third-order valence-electron chi connectivity index (χ3n) is 4.08. The third kappa shape index (κ3) is 6.34. The van der Waals surface area contributed by atoms with Crippen LogP contribution in [0.3, 0.4) is 0 Å². The first-order valence-corrected chi connectivity index (χ1v) is 8.91. The molecular weight excluding hydrogens is 385 g/mol. The van der Waals surface area contributed by atoms with E-state index in [2.05, 4.69) is 34.6 Å². The van der Waals surface area contributed by atoms with Crippen molar-refractivity contribution in [2.24, 2.45) is 5.10 Å². The van der Waals surface area contributed by atoms with Gasteiger partial charge in [0.25, 0.3) is 0 Å². The van der Waals surface area contributed by atoms with Gasteiger partial charge in [-0.15, -0.1) is 0 Å². The Labute approximate surface area is 166 Å². The van der Waals surface area contributed by atoms with Crippen molar-refractivity contribution < 1.29 is 22.8 Å². The first-order chi connectivity index (χ1) is 13.7. The maximum atomic E-state index is 12.5. The van der Waals surface area contributed by atoms with Gasteiger partial charge in [-0.25, -0.2) is 5.43 Å². The fourth-order valence-electron chi connectivity index (χ4n) is 2.51. The van der Waals surface area contributed by atoms with Crippen LogP contribution < -0.4 is 15.6 Å². The summed E-state index contributed by atoms with van der Waals surface area (Å²) in [6.45, 7) is 5.89. The number of halogens is 3. The molecule has 0 fully saturated rings. The Morgan fingerprint density at radius 2 is 1.55 bits per heavy atom. The van der Waals surface area contributed by atoms with Gasteiger partial charge in [0.15, 0.2) is 0 Å². The van der Waals surface area contributed by atoms with E-state index >= 15 is 0 Å². The zero-order chi connectivity index (χ0) is 21.4. The number of amides is 2. The molecule has 0 spiro atoms. The molecule has 0 aliphatic carbocycles. The van der Waals surface area contributed by atoms with Crippen LogP contribution in [0.15, 0.2) is 53.6 Å². The number of anilines is 2. The van der Waals surface area contributed by atoms with E-state index in [1.165, 1.54) is 6.21 Å². The number of nitrogens with one attached hydrogen (secondary N) is 2. The average molecular weight is 406 g/mol. The summed E-state index contributed by atoms with van der Waals surface area (Å²) in [6, 6.07) is 11.3. The maximum absolute atomic E-state index is 12.5. The zero-order valence-electron chi connectivity index (χ0n) is 16.0. The molecule has 2 aromatic rings. The smallest absolute Gasteiger partial charge is 0.372 e. The summed E-state index contributed by atoms with van der Waals surface area (Å²) in [6.07, 6.45) is -3.09. The maximum Gasteiger partial charge on any atom is 0.416 e. The van der Waals surface area contributed by atoms with Gasteiger partial charge >= 0.3 is 18.0 Å². The quantitative estimate of drug-likeness (QED) is 0.437. The largest absolute Gasteiger partial charge is 0.416 e. The number of hydrogen-bond acceptors (Lipinski definition) is 4. The van der Waals surface area contributed by atoms with Gasteiger partial charge in [-0.05, 0) is 55.8 Å². The van der Waals surface area contributed by atoms with Crippen molar-refractivity contribution in [3.05, 3.63) is 59.7 Å². The molecule has 0 bridgehead atoms.